The maximum Gasteiger partial charge on any atom is 0.319 e. The highest BCUT2D eigenvalue weighted by atomic mass is 16.5. The molecule has 0 saturated heterocycles. The van der Waals surface area contributed by atoms with Crippen LogP contribution in [0.15, 0.2) is 47.1 Å². The van der Waals surface area contributed by atoms with Crippen LogP contribution in [0.1, 0.15) is 5.76 Å². The highest BCUT2D eigenvalue weighted by molar-refractivity contribution is 5.89. The predicted octanol–water partition coefficient (Wildman–Crippen LogP) is 2.63. The van der Waals surface area contributed by atoms with E-state index in [1.165, 1.54) is 0 Å². The van der Waals surface area contributed by atoms with E-state index < -0.39 is 0 Å². The Balaban J connectivity index is 1.75. The van der Waals surface area contributed by atoms with E-state index in [1.54, 1.807) is 49.8 Å². The molecule has 2 N–H and O–H groups in total. The molecule has 2 aromatic rings. The highest BCUT2D eigenvalue weighted by Gasteiger charge is 2.03. The maximum atomic E-state index is 11.7. The Kier molecular flexibility index (Phi) is 5.66. The van der Waals surface area contributed by atoms with Crippen LogP contribution in [-0.2, 0) is 11.3 Å². The van der Waals surface area contributed by atoms with Crippen LogP contribution >= 0.6 is 0 Å². The van der Waals surface area contributed by atoms with Gasteiger partial charge in [-0.2, -0.15) is 0 Å². The summed E-state index contributed by atoms with van der Waals surface area (Å²) >= 11 is 0. The molecule has 6 heteroatoms. The van der Waals surface area contributed by atoms with E-state index in [2.05, 4.69) is 10.6 Å². The number of carbonyl (C=O) groups excluding carboxylic acids is 1. The molecule has 6 nitrogen and oxygen atoms in total. The first-order valence-electron chi connectivity index (χ1n) is 6.57. The summed E-state index contributed by atoms with van der Waals surface area (Å²) in [4.78, 5) is 11.7. The molecule has 0 radical (unpaired) electrons. The molecular formula is C15H18N2O4. The zero-order valence-electron chi connectivity index (χ0n) is 11.8. The second-order valence-corrected chi connectivity index (χ2v) is 4.25. The number of benzene rings is 1. The van der Waals surface area contributed by atoms with Gasteiger partial charge in [0.15, 0.2) is 0 Å². The lowest BCUT2D eigenvalue weighted by Crippen LogP contribution is -2.27. The van der Waals surface area contributed by atoms with E-state index in [0.717, 1.165) is 5.75 Å². The topological polar surface area (TPSA) is 72.7 Å². The number of carbonyl (C=O) groups is 1. The lowest BCUT2D eigenvalue weighted by molar-refractivity contribution is 0.146. The van der Waals surface area contributed by atoms with E-state index in [0.29, 0.717) is 31.2 Å². The number of rotatable bonds is 7. The molecular weight excluding hydrogens is 272 g/mol. The van der Waals surface area contributed by atoms with Gasteiger partial charge in [-0.1, -0.05) is 0 Å². The van der Waals surface area contributed by atoms with Gasteiger partial charge in [0, 0.05) is 12.8 Å². The maximum absolute atomic E-state index is 11.7. The Morgan fingerprint density at radius 2 is 2.00 bits per heavy atom. The summed E-state index contributed by atoms with van der Waals surface area (Å²) in [6.45, 7) is 1.37. The Bertz CT molecular complexity index is 537. The lowest BCUT2D eigenvalue weighted by Gasteiger charge is -2.08. The van der Waals surface area contributed by atoms with Gasteiger partial charge in [-0.05, 0) is 36.4 Å². The molecule has 1 aromatic heterocycles. The van der Waals surface area contributed by atoms with Crippen LogP contribution in [0, 0.1) is 0 Å². The van der Waals surface area contributed by atoms with Gasteiger partial charge in [-0.3, -0.25) is 0 Å². The van der Waals surface area contributed by atoms with Gasteiger partial charge in [-0.15, -0.1) is 0 Å². The average Bonchev–Trinajstić information content (AvgIpc) is 3.01. The minimum absolute atomic E-state index is 0.292. The van der Waals surface area contributed by atoms with Crippen molar-refractivity contribution in [2.45, 2.75) is 6.54 Å². The van der Waals surface area contributed by atoms with Crippen LogP contribution in [0.2, 0.25) is 0 Å². The van der Waals surface area contributed by atoms with Crippen molar-refractivity contribution in [3.63, 3.8) is 0 Å². The number of hydrogen-bond acceptors (Lipinski definition) is 4. The predicted molar refractivity (Wildman–Crippen MR) is 78.4 cm³/mol. The molecule has 0 fully saturated rings. The molecule has 112 valence electrons. The highest BCUT2D eigenvalue weighted by Crippen LogP contribution is 2.15. The minimum atomic E-state index is -0.292. The summed E-state index contributed by atoms with van der Waals surface area (Å²) in [5.41, 5.74) is 0.686. The molecule has 0 unspecified atom stereocenters. The second kappa shape index (κ2) is 7.96. The molecule has 21 heavy (non-hydrogen) atoms. The third kappa shape index (κ3) is 5.19. The first-order chi connectivity index (χ1) is 10.3. The third-order valence-corrected chi connectivity index (χ3v) is 2.67. The summed E-state index contributed by atoms with van der Waals surface area (Å²) in [6, 6.07) is 10.4. The van der Waals surface area contributed by atoms with Crippen molar-refractivity contribution in [1.29, 1.82) is 0 Å². The van der Waals surface area contributed by atoms with Crippen molar-refractivity contribution in [3.8, 4) is 5.75 Å². The average molecular weight is 290 g/mol. The van der Waals surface area contributed by atoms with Crippen molar-refractivity contribution >= 4 is 11.7 Å². The largest absolute Gasteiger partial charge is 0.491 e. The molecule has 2 rings (SSSR count). The molecule has 0 atom stereocenters. The third-order valence-electron chi connectivity index (χ3n) is 2.67. The van der Waals surface area contributed by atoms with Crippen molar-refractivity contribution in [1.82, 2.24) is 5.32 Å². The summed E-state index contributed by atoms with van der Waals surface area (Å²) in [5, 5.41) is 5.43. The van der Waals surface area contributed by atoms with Crippen molar-refractivity contribution in [2.75, 3.05) is 25.6 Å². The zero-order chi connectivity index (χ0) is 14.9. The quantitative estimate of drug-likeness (QED) is 0.769. The number of urea groups is 1. The van der Waals surface area contributed by atoms with Crippen LogP contribution in [0.25, 0.3) is 0 Å². The van der Waals surface area contributed by atoms with Crippen LogP contribution in [0.4, 0.5) is 10.5 Å². The van der Waals surface area contributed by atoms with Gasteiger partial charge >= 0.3 is 6.03 Å². The number of amides is 2. The normalized spacial score (nSPS) is 10.1. The number of methoxy groups -OCH3 is 1. The molecule has 0 aliphatic rings. The fourth-order valence-electron chi connectivity index (χ4n) is 1.63. The van der Waals surface area contributed by atoms with Crippen molar-refractivity contribution in [3.05, 3.63) is 48.4 Å². The number of hydrogen-bond donors (Lipinski definition) is 2. The molecule has 2 amide bonds. The number of nitrogens with one attached hydrogen (secondary N) is 2. The zero-order valence-corrected chi connectivity index (χ0v) is 11.8. The van der Waals surface area contributed by atoms with Gasteiger partial charge in [0.1, 0.15) is 18.1 Å². The summed E-state index contributed by atoms with van der Waals surface area (Å²) < 4.78 is 15.5. The number of ether oxygens (including phenoxy) is 2. The van der Waals surface area contributed by atoms with E-state index in [9.17, 15) is 4.79 Å². The Morgan fingerprint density at radius 3 is 2.67 bits per heavy atom. The fourth-order valence-corrected chi connectivity index (χ4v) is 1.63. The van der Waals surface area contributed by atoms with E-state index in [4.69, 9.17) is 13.9 Å². The SMILES string of the molecule is COCCOc1ccc(NC(=O)NCc2ccco2)cc1. The van der Waals surface area contributed by atoms with Crippen molar-refractivity contribution in [2.24, 2.45) is 0 Å². The molecule has 1 heterocycles. The van der Waals surface area contributed by atoms with Gasteiger partial charge in [0.05, 0.1) is 19.4 Å². The van der Waals surface area contributed by atoms with Crippen LogP contribution in [0.3, 0.4) is 0 Å². The summed E-state index contributed by atoms with van der Waals surface area (Å²) in [5.74, 6) is 1.43. The fraction of sp³-hybridized carbons (Fsp3) is 0.267. The standard InChI is InChI=1S/C15H18N2O4/c1-19-9-10-21-13-6-4-12(5-7-13)17-15(18)16-11-14-3-2-8-20-14/h2-8H,9-11H2,1H3,(H2,16,17,18). The van der Waals surface area contributed by atoms with Crippen LogP contribution < -0.4 is 15.4 Å². The Morgan fingerprint density at radius 1 is 1.19 bits per heavy atom. The van der Waals surface area contributed by atoms with Gasteiger partial charge < -0.3 is 24.5 Å². The first kappa shape index (κ1) is 14.9. The molecule has 0 saturated carbocycles. The van der Waals surface area contributed by atoms with E-state index in [1.807, 2.05) is 0 Å². The van der Waals surface area contributed by atoms with Gasteiger partial charge in [0.25, 0.3) is 0 Å². The van der Waals surface area contributed by atoms with Crippen molar-refractivity contribution < 1.29 is 18.7 Å². The van der Waals surface area contributed by atoms with Gasteiger partial charge in [0.2, 0.25) is 0 Å². The monoisotopic (exact) mass is 290 g/mol. The summed E-state index contributed by atoms with van der Waals surface area (Å²) in [6.07, 6.45) is 1.57. The van der Waals surface area contributed by atoms with Crippen LogP contribution in [0.5, 0.6) is 5.75 Å². The van der Waals surface area contributed by atoms with Gasteiger partial charge in [-0.25, -0.2) is 4.79 Å². The molecule has 0 bridgehead atoms. The lowest BCUT2D eigenvalue weighted by atomic mass is 10.3. The van der Waals surface area contributed by atoms with E-state index in [-0.39, 0.29) is 6.03 Å². The Hall–Kier alpha value is -2.47. The van der Waals surface area contributed by atoms with E-state index >= 15 is 0 Å². The number of anilines is 1. The minimum Gasteiger partial charge on any atom is -0.491 e. The first-order valence-corrected chi connectivity index (χ1v) is 6.57. The molecule has 0 aliphatic carbocycles. The van der Waals surface area contributed by atoms with Crippen LogP contribution in [-0.4, -0.2) is 26.4 Å². The Labute approximate surface area is 123 Å². The molecule has 0 spiro atoms. The smallest absolute Gasteiger partial charge is 0.319 e. The molecule has 1 aromatic carbocycles. The number of furan rings is 1. The molecule has 0 aliphatic heterocycles. The summed E-state index contributed by atoms with van der Waals surface area (Å²) in [7, 11) is 1.62. The second-order valence-electron chi connectivity index (χ2n) is 4.25.